The number of nitrogens with one attached hydrogen (secondary N) is 2. The maximum Gasteiger partial charge on any atom is 0.325 e. The van der Waals surface area contributed by atoms with Crippen LogP contribution >= 0.6 is 0 Å². The van der Waals surface area contributed by atoms with E-state index in [-0.39, 0.29) is 19.2 Å². The van der Waals surface area contributed by atoms with Gasteiger partial charge in [-0.3, -0.25) is 14.4 Å². The number of aromatic nitrogens is 1. The molecule has 2 heterocycles. The van der Waals surface area contributed by atoms with Crippen LogP contribution in [0.15, 0.2) is 28.8 Å². The summed E-state index contributed by atoms with van der Waals surface area (Å²) in [6.07, 6.45) is 0. The molecule has 0 saturated carbocycles. The molecule has 10 nitrogen and oxygen atoms in total. The maximum atomic E-state index is 12.0. The van der Waals surface area contributed by atoms with Gasteiger partial charge < -0.3 is 29.4 Å². The monoisotopic (exact) mass is 361 g/mol. The Balaban J connectivity index is 1.41. The van der Waals surface area contributed by atoms with Gasteiger partial charge in [0.25, 0.3) is 11.8 Å². The first-order valence-electron chi connectivity index (χ1n) is 7.58. The predicted molar refractivity (Wildman–Crippen MR) is 85.7 cm³/mol. The number of anilines is 1. The number of hydrogen-bond acceptors (Lipinski definition) is 8. The predicted octanol–water partition coefficient (Wildman–Crippen LogP) is 0.623. The molecule has 0 saturated heterocycles. The van der Waals surface area contributed by atoms with Gasteiger partial charge in [0.05, 0.1) is 0 Å². The molecule has 10 heteroatoms. The molecular formula is C16H15N3O7. The highest BCUT2D eigenvalue weighted by Gasteiger charge is 2.17. The summed E-state index contributed by atoms with van der Waals surface area (Å²) >= 11 is 0. The first-order valence-corrected chi connectivity index (χ1v) is 7.58. The maximum absolute atomic E-state index is 12.0. The third-order valence-corrected chi connectivity index (χ3v) is 3.29. The second-order valence-corrected chi connectivity index (χ2v) is 5.28. The lowest BCUT2D eigenvalue weighted by atomic mass is 10.2. The molecular weight excluding hydrogens is 346 g/mol. The average Bonchev–Trinajstić information content (AvgIpc) is 3.25. The van der Waals surface area contributed by atoms with Gasteiger partial charge >= 0.3 is 5.97 Å². The Bertz CT molecular complexity index is 846. The molecule has 3 rings (SSSR count). The lowest BCUT2D eigenvalue weighted by Gasteiger charge is -2.07. The number of amides is 2. The fraction of sp³-hybridized carbons (Fsp3) is 0.250. The third kappa shape index (κ3) is 4.29. The van der Waals surface area contributed by atoms with Crippen LogP contribution < -0.4 is 20.1 Å². The van der Waals surface area contributed by atoms with E-state index >= 15 is 0 Å². The van der Waals surface area contributed by atoms with Gasteiger partial charge in [0.1, 0.15) is 12.3 Å². The molecule has 2 aromatic rings. The van der Waals surface area contributed by atoms with Crippen LogP contribution in [-0.4, -0.2) is 42.9 Å². The lowest BCUT2D eigenvalue weighted by Crippen LogP contribution is -2.32. The van der Waals surface area contributed by atoms with Gasteiger partial charge in [-0.05, 0) is 25.1 Å². The summed E-state index contributed by atoms with van der Waals surface area (Å²) in [5, 5.41) is 8.37. The summed E-state index contributed by atoms with van der Waals surface area (Å²) in [6, 6.07) is 6.18. The minimum Gasteiger partial charge on any atom is -0.454 e. The molecule has 1 aliphatic heterocycles. The number of benzene rings is 1. The van der Waals surface area contributed by atoms with Crippen molar-refractivity contribution in [1.29, 1.82) is 0 Å². The number of esters is 1. The van der Waals surface area contributed by atoms with Gasteiger partial charge in [-0.1, -0.05) is 5.16 Å². The zero-order valence-electron chi connectivity index (χ0n) is 13.7. The van der Waals surface area contributed by atoms with Crippen molar-refractivity contribution in [2.24, 2.45) is 0 Å². The highest BCUT2D eigenvalue weighted by Crippen LogP contribution is 2.32. The fourth-order valence-electron chi connectivity index (χ4n) is 2.09. The van der Waals surface area contributed by atoms with Crippen LogP contribution in [0, 0.1) is 6.92 Å². The van der Waals surface area contributed by atoms with E-state index in [1.54, 1.807) is 19.1 Å². The Hall–Kier alpha value is -3.56. The Kier molecular flexibility index (Phi) is 5.02. The second-order valence-electron chi connectivity index (χ2n) is 5.28. The van der Waals surface area contributed by atoms with E-state index in [9.17, 15) is 14.4 Å². The zero-order chi connectivity index (χ0) is 18.5. The quantitative estimate of drug-likeness (QED) is 0.717. The summed E-state index contributed by atoms with van der Waals surface area (Å²) in [5.41, 5.74) is 0.307. The number of nitrogens with zero attached hydrogens (tertiary/aromatic N) is 1. The van der Waals surface area contributed by atoms with Crippen molar-refractivity contribution in [3.8, 4) is 11.5 Å². The minimum atomic E-state index is -0.759. The van der Waals surface area contributed by atoms with E-state index in [1.165, 1.54) is 12.1 Å². The smallest absolute Gasteiger partial charge is 0.325 e. The molecule has 0 spiro atoms. The second kappa shape index (κ2) is 7.55. The van der Waals surface area contributed by atoms with E-state index in [4.69, 9.17) is 18.7 Å². The lowest BCUT2D eigenvalue weighted by molar-refractivity contribution is -0.146. The normalized spacial score (nSPS) is 11.7. The van der Waals surface area contributed by atoms with E-state index in [0.717, 1.165) is 0 Å². The van der Waals surface area contributed by atoms with Crippen molar-refractivity contribution >= 4 is 23.6 Å². The summed E-state index contributed by atoms with van der Waals surface area (Å²) in [7, 11) is 0. The molecule has 136 valence electrons. The molecule has 0 unspecified atom stereocenters. The summed E-state index contributed by atoms with van der Waals surface area (Å²) in [6.45, 7) is 0.877. The van der Waals surface area contributed by atoms with Gasteiger partial charge in [0.15, 0.2) is 23.9 Å². The van der Waals surface area contributed by atoms with Crippen LogP contribution in [0.5, 0.6) is 11.5 Å². The standard InChI is InChI=1S/C16H15N3O7/c1-9-4-13(19-26-9)18-14(20)7-23-15(21)6-17-16(22)10-2-3-11-12(5-10)25-8-24-11/h2-5H,6-8H2,1H3,(H,17,22)(H,18,19,20). The van der Waals surface area contributed by atoms with Gasteiger partial charge in [-0.15, -0.1) is 0 Å². The van der Waals surface area contributed by atoms with Crippen LogP contribution in [-0.2, 0) is 14.3 Å². The van der Waals surface area contributed by atoms with Crippen molar-refractivity contribution in [2.45, 2.75) is 6.92 Å². The Morgan fingerprint density at radius 2 is 2.00 bits per heavy atom. The van der Waals surface area contributed by atoms with Gasteiger partial charge in [-0.25, -0.2) is 0 Å². The number of ether oxygens (including phenoxy) is 3. The van der Waals surface area contributed by atoms with Crippen LogP contribution in [0.4, 0.5) is 5.82 Å². The summed E-state index contributed by atoms with van der Waals surface area (Å²) in [5.74, 6) is -0.0560. The third-order valence-electron chi connectivity index (χ3n) is 3.29. The molecule has 0 aliphatic carbocycles. The van der Waals surface area contributed by atoms with E-state index < -0.39 is 24.4 Å². The molecule has 0 fully saturated rings. The molecule has 26 heavy (non-hydrogen) atoms. The Morgan fingerprint density at radius 1 is 1.19 bits per heavy atom. The molecule has 2 amide bonds. The molecule has 0 atom stereocenters. The van der Waals surface area contributed by atoms with Gasteiger partial charge in [-0.2, -0.15) is 0 Å². The Labute approximate surface area is 147 Å². The number of rotatable bonds is 6. The number of carbonyl (C=O) groups is 3. The van der Waals surface area contributed by atoms with Crippen LogP contribution in [0.25, 0.3) is 0 Å². The molecule has 0 radical (unpaired) electrons. The van der Waals surface area contributed by atoms with Crippen molar-refractivity contribution in [3.63, 3.8) is 0 Å². The highest BCUT2D eigenvalue weighted by atomic mass is 16.7. The molecule has 2 N–H and O–H groups in total. The first kappa shape index (κ1) is 17.3. The van der Waals surface area contributed by atoms with E-state index in [1.807, 2.05) is 0 Å². The number of hydrogen-bond donors (Lipinski definition) is 2. The topological polar surface area (TPSA) is 129 Å². The molecule has 0 bridgehead atoms. The van der Waals surface area contributed by atoms with E-state index in [2.05, 4.69) is 15.8 Å². The minimum absolute atomic E-state index is 0.0999. The number of carbonyl (C=O) groups excluding carboxylic acids is 3. The molecule has 1 aromatic heterocycles. The van der Waals surface area contributed by atoms with Crippen molar-refractivity contribution < 1.29 is 33.1 Å². The zero-order valence-corrected chi connectivity index (χ0v) is 13.7. The summed E-state index contributed by atoms with van der Waals surface area (Å²) < 4.78 is 19.9. The number of aryl methyl sites for hydroxylation is 1. The van der Waals surface area contributed by atoms with Crippen LogP contribution in [0.2, 0.25) is 0 Å². The Morgan fingerprint density at radius 3 is 2.77 bits per heavy atom. The molecule has 1 aliphatic rings. The fourth-order valence-corrected chi connectivity index (χ4v) is 2.09. The molecule has 1 aromatic carbocycles. The largest absolute Gasteiger partial charge is 0.454 e. The highest BCUT2D eigenvalue weighted by molar-refractivity contribution is 5.97. The van der Waals surface area contributed by atoms with Crippen LogP contribution in [0.1, 0.15) is 16.1 Å². The SMILES string of the molecule is Cc1cc(NC(=O)COC(=O)CNC(=O)c2ccc3c(c2)OCO3)no1. The van der Waals surface area contributed by atoms with Crippen molar-refractivity contribution in [1.82, 2.24) is 10.5 Å². The summed E-state index contributed by atoms with van der Waals surface area (Å²) in [4.78, 5) is 35.3. The van der Waals surface area contributed by atoms with Gasteiger partial charge in [0, 0.05) is 11.6 Å². The first-order chi connectivity index (χ1) is 12.5. The average molecular weight is 361 g/mol. The van der Waals surface area contributed by atoms with E-state index in [0.29, 0.717) is 22.8 Å². The van der Waals surface area contributed by atoms with Gasteiger partial charge in [0.2, 0.25) is 6.79 Å². The number of fused-ring (bicyclic) bond motifs is 1. The van der Waals surface area contributed by atoms with Crippen molar-refractivity contribution in [3.05, 3.63) is 35.6 Å². The van der Waals surface area contributed by atoms with Crippen molar-refractivity contribution in [2.75, 3.05) is 25.3 Å². The van der Waals surface area contributed by atoms with Crippen LogP contribution in [0.3, 0.4) is 0 Å².